The molecule has 0 unspecified atom stereocenters. The summed E-state index contributed by atoms with van der Waals surface area (Å²) >= 11 is 0. The van der Waals surface area contributed by atoms with Crippen LogP contribution in [0, 0.1) is 0 Å². The summed E-state index contributed by atoms with van der Waals surface area (Å²) < 4.78 is 0. The Morgan fingerprint density at radius 1 is 0.360 bits per heavy atom. The van der Waals surface area contributed by atoms with Gasteiger partial charge in [-0.05, 0) is 117 Å². The van der Waals surface area contributed by atoms with Gasteiger partial charge in [0.1, 0.15) is 8.07 Å². The highest BCUT2D eigenvalue weighted by molar-refractivity contribution is 7.03. The number of hydrogen-bond donors (Lipinski definition) is 0. The van der Waals surface area contributed by atoms with E-state index in [-0.39, 0.29) is 5.41 Å². The van der Waals surface area contributed by atoms with E-state index in [0.29, 0.717) is 0 Å². The Hall–Kier alpha value is -5.50. The zero-order valence-electron chi connectivity index (χ0n) is 29.0. The number of hydrogen-bond acceptors (Lipinski definition) is 0. The third kappa shape index (κ3) is 4.05. The SMILES string of the molecule is CC1(C)c2ccccc2-c2cc(-c3c4ccccc4c(-c4ccc5c(c4)-c4ccccc4[Si]5(C)C)c4ccc(-c5ccccc5)cc34)ccc21. The summed E-state index contributed by atoms with van der Waals surface area (Å²) in [6.07, 6.45) is 0. The Labute approximate surface area is 295 Å². The van der Waals surface area contributed by atoms with Gasteiger partial charge >= 0.3 is 0 Å². The van der Waals surface area contributed by atoms with Crippen LogP contribution in [-0.2, 0) is 5.41 Å². The number of fused-ring (bicyclic) bond motifs is 8. The van der Waals surface area contributed by atoms with Gasteiger partial charge in [0, 0.05) is 5.41 Å². The number of benzene rings is 8. The van der Waals surface area contributed by atoms with E-state index in [1.54, 1.807) is 10.4 Å². The average molecular weight is 655 g/mol. The zero-order chi connectivity index (χ0) is 33.8. The molecule has 2 aliphatic rings. The van der Waals surface area contributed by atoms with Crippen molar-refractivity contribution in [3.8, 4) is 55.6 Å². The highest BCUT2D eigenvalue weighted by Gasteiger charge is 2.38. The van der Waals surface area contributed by atoms with Gasteiger partial charge in [0.25, 0.3) is 0 Å². The maximum absolute atomic E-state index is 2.50. The molecule has 0 aromatic heterocycles. The van der Waals surface area contributed by atoms with Crippen LogP contribution in [0.1, 0.15) is 25.0 Å². The first-order chi connectivity index (χ1) is 24.3. The minimum absolute atomic E-state index is 0.0253. The van der Waals surface area contributed by atoms with Crippen molar-refractivity contribution in [3.05, 3.63) is 169 Å². The molecule has 8 aromatic rings. The predicted octanol–water partition coefficient (Wildman–Crippen LogP) is 12.1. The summed E-state index contributed by atoms with van der Waals surface area (Å²) in [5.74, 6) is 0. The van der Waals surface area contributed by atoms with Crippen LogP contribution in [-0.4, -0.2) is 8.07 Å². The molecule has 0 radical (unpaired) electrons. The average Bonchev–Trinajstić information content (AvgIpc) is 3.53. The monoisotopic (exact) mass is 654 g/mol. The molecule has 0 bridgehead atoms. The van der Waals surface area contributed by atoms with Crippen molar-refractivity contribution >= 4 is 40.0 Å². The van der Waals surface area contributed by atoms with Crippen LogP contribution in [0.4, 0.5) is 0 Å². The Morgan fingerprint density at radius 2 is 0.900 bits per heavy atom. The van der Waals surface area contributed by atoms with E-state index in [2.05, 4.69) is 185 Å². The van der Waals surface area contributed by atoms with Gasteiger partial charge in [-0.25, -0.2) is 0 Å². The molecule has 238 valence electrons. The first kappa shape index (κ1) is 29.4. The summed E-state index contributed by atoms with van der Waals surface area (Å²) in [5.41, 5.74) is 16.0. The maximum Gasteiger partial charge on any atom is 0.113 e. The molecular formula is C49H38Si. The van der Waals surface area contributed by atoms with Crippen LogP contribution in [0.25, 0.3) is 77.2 Å². The summed E-state index contributed by atoms with van der Waals surface area (Å²) in [5, 5.41) is 8.27. The van der Waals surface area contributed by atoms with Gasteiger partial charge in [0.15, 0.2) is 0 Å². The third-order valence-corrected chi connectivity index (χ3v) is 15.4. The molecule has 8 aromatic carbocycles. The van der Waals surface area contributed by atoms with Gasteiger partial charge in [-0.15, -0.1) is 0 Å². The molecule has 1 aliphatic carbocycles. The van der Waals surface area contributed by atoms with Crippen molar-refractivity contribution in [3.63, 3.8) is 0 Å². The van der Waals surface area contributed by atoms with Crippen LogP contribution in [0.5, 0.6) is 0 Å². The largest absolute Gasteiger partial charge is 0.113 e. The molecule has 0 nitrogen and oxygen atoms in total. The topological polar surface area (TPSA) is 0 Å². The quantitative estimate of drug-likeness (QED) is 0.131. The Kier molecular flexibility index (Phi) is 6.18. The van der Waals surface area contributed by atoms with Gasteiger partial charge in [0.2, 0.25) is 0 Å². The lowest BCUT2D eigenvalue weighted by atomic mass is 9.81. The van der Waals surface area contributed by atoms with Crippen molar-refractivity contribution in [1.82, 2.24) is 0 Å². The van der Waals surface area contributed by atoms with Crippen molar-refractivity contribution < 1.29 is 0 Å². The molecule has 0 spiro atoms. The molecule has 1 heteroatoms. The molecule has 0 N–H and O–H groups in total. The summed E-state index contributed by atoms with van der Waals surface area (Å²) in [6, 6.07) is 59.7. The van der Waals surface area contributed by atoms with E-state index in [1.807, 2.05) is 0 Å². The van der Waals surface area contributed by atoms with E-state index >= 15 is 0 Å². The van der Waals surface area contributed by atoms with Crippen LogP contribution in [0.15, 0.2) is 158 Å². The fourth-order valence-corrected chi connectivity index (χ4v) is 12.4. The molecular weight excluding hydrogens is 617 g/mol. The Bertz CT molecular complexity index is 2690. The van der Waals surface area contributed by atoms with E-state index in [4.69, 9.17) is 0 Å². The highest BCUT2D eigenvalue weighted by atomic mass is 28.3. The summed E-state index contributed by atoms with van der Waals surface area (Å²) in [7, 11) is -1.75. The first-order valence-electron chi connectivity index (χ1n) is 17.9. The number of rotatable bonds is 3. The van der Waals surface area contributed by atoms with E-state index in [1.165, 1.54) is 88.3 Å². The lowest BCUT2D eigenvalue weighted by molar-refractivity contribution is 0.660. The van der Waals surface area contributed by atoms with Crippen molar-refractivity contribution in [1.29, 1.82) is 0 Å². The Morgan fingerprint density at radius 3 is 1.68 bits per heavy atom. The maximum atomic E-state index is 2.50. The molecule has 0 amide bonds. The van der Waals surface area contributed by atoms with Gasteiger partial charge in [-0.2, -0.15) is 0 Å². The molecule has 1 heterocycles. The van der Waals surface area contributed by atoms with Gasteiger partial charge in [0.05, 0.1) is 0 Å². The smallest absolute Gasteiger partial charge is 0.0623 e. The van der Waals surface area contributed by atoms with Gasteiger partial charge in [-0.1, -0.05) is 166 Å². The van der Waals surface area contributed by atoms with Crippen LogP contribution in [0.3, 0.4) is 0 Å². The predicted molar refractivity (Wildman–Crippen MR) is 218 cm³/mol. The standard InChI is InChI=1S/C49H38Si/c1-49(2)43-20-12-10-16-35(43)40-29-33(23-26-44(40)49)48-38-19-9-8-18-37(38)47(39-25-22-32(28-42(39)48)31-14-6-5-7-15-31)34-24-27-46-41(30-34)36-17-11-13-21-45(36)50(46,3)4/h5-30H,1-4H3. The minimum atomic E-state index is -1.75. The lowest BCUT2D eigenvalue weighted by Crippen LogP contribution is -2.49. The molecule has 1 aliphatic heterocycles. The molecule has 0 fully saturated rings. The second kappa shape index (κ2) is 10.5. The second-order valence-corrected chi connectivity index (χ2v) is 19.6. The first-order valence-corrected chi connectivity index (χ1v) is 20.9. The minimum Gasteiger partial charge on any atom is -0.0623 e. The van der Waals surface area contributed by atoms with Crippen molar-refractivity contribution in [2.75, 3.05) is 0 Å². The van der Waals surface area contributed by atoms with Crippen molar-refractivity contribution in [2.45, 2.75) is 32.4 Å². The molecule has 0 saturated heterocycles. The summed E-state index contributed by atoms with van der Waals surface area (Å²) in [6.45, 7) is 9.72. The lowest BCUT2D eigenvalue weighted by Gasteiger charge is -2.22. The van der Waals surface area contributed by atoms with E-state index in [9.17, 15) is 0 Å². The summed E-state index contributed by atoms with van der Waals surface area (Å²) in [4.78, 5) is 0. The second-order valence-electron chi connectivity index (χ2n) is 15.3. The van der Waals surface area contributed by atoms with E-state index in [0.717, 1.165) is 0 Å². The third-order valence-electron chi connectivity index (χ3n) is 11.9. The van der Waals surface area contributed by atoms with Crippen molar-refractivity contribution in [2.24, 2.45) is 0 Å². The van der Waals surface area contributed by atoms with E-state index < -0.39 is 8.07 Å². The molecule has 0 atom stereocenters. The fourth-order valence-electron chi connectivity index (χ4n) is 9.36. The molecule has 50 heavy (non-hydrogen) atoms. The van der Waals surface area contributed by atoms with Gasteiger partial charge < -0.3 is 0 Å². The van der Waals surface area contributed by atoms with Crippen LogP contribution >= 0.6 is 0 Å². The van der Waals surface area contributed by atoms with Gasteiger partial charge in [-0.3, -0.25) is 0 Å². The van der Waals surface area contributed by atoms with Crippen LogP contribution < -0.4 is 10.4 Å². The normalized spacial score (nSPS) is 14.7. The zero-order valence-corrected chi connectivity index (χ0v) is 30.0. The highest BCUT2D eigenvalue weighted by Crippen LogP contribution is 2.51. The Balaban J connectivity index is 1.29. The molecule has 0 saturated carbocycles. The fraction of sp³-hybridized carbons (Fsp3) is 0.102. The van der Waals surface area contributed by atoms with Crippen LogP contribution in [0.2, 0.25) is 13.1 Å². The molecule has 10 rings (SSSR count).